The number of nitrogens with two attached hydrogens (primary N) is 1. The number of unbranched alkanes of at least 4 members (excludes halogenated alkanes) is 3. The van der Waals surface area contributed by atoms with Crippen LogP contribution in [-0.4, -0.2) is 11.8 Å². The first-order valence-corrected chi connectivity index (χ1v) is 7.06. The number of hydrogen-bond acceptors (Lipinski definition) is 3. The molecule has 2 amide bonds. The summed E-state index contributed by atoms with van der Waals surface area (Å²) in [5.74, 6) is -0.545. The molecule has 1 heterocycles. The quantitative estimate of drug-likeness (QED) is 0.746. The van der Waals surface area contributed by atoms with Crippen molar-refractivity contribution in [3.05, 3.63) is 16.5 Å². The Hall–Kier alpha value is -1.36. The lowest BCUT2D eigenvalue weighted by atomic mass is 10.1. The van der Waals surface area contributed by atoms with E-state index < -0.39 is 5.91 Å². The van der Waals surface area contributed by atoms with E-state index in [4.69, 9.17) is 5.73 Å². The molecule has 3 N–H and O–H groups in total. The number of nitrogens with one attached hydrogen (secondary N) is 1. The summed E-state index contributed by atoms with van der Waals surface area (Å²) >= 11 is 1.38. The highest BCUT2D eigenvalue weighted by molar-refractivity contribution is 7.16. The van der Waals surface area contributed by atoms with Crippen molar-refractivity contribution in [2.45, 2.75) is 46.0 Å². The molecule has 0 radical (unpaired) electrons. The number of rotatable bonds is 7. The average molecular weight is 268 g/mol. The van der Waals surface area contributed by atoms with Gasteiger partial charge in [0.2, 0.25) is 5.91 Å². The van der Waals surface area contributed by atoms with E-state index in [0.717, 1.165) is 30.6 Å². The lowest BCUT2D eigenvalue weighted by Crippen LogP contribution is -2.16. The fourth-order valence-electron chi connectivity index (χ4n) is 1.69. The van der Waals surface area contributed by atoms with Gasteiger partial charge in [-0.2, -0.15) is 0 Å². The summed E-state index contributed by atoms with van der Waals surface area (Å²) in [6.45, 7) is 4.02. The van der Waals surface area contributed by atoms with Crippen LogP contribution >= 0.6 is 11.3 Å². The zero-order chi connectivity index (χ0) is 13.5. The summed E-state index contributed by atoms with van der Waals surface area (Å²) in [6.07, 6.45) is 4.75. The van der Waals surface area contributed by atoms with Crippen LogP contribution in [0, 0.1) is 6.92 Å². The minimum atomic E-state index is -0.499. The zero-order valence-corrected chi connectivity index (χ0v) is 11.7. The maximum atomic E-state index is 11.7. The first kappa shape index (κ1) is 14.7. The van der Waals surface area contributed by atoms with Crippen molar-refractivity contribution in [3.8, 4) is 0 Å². The summed E-state index contributed by atoms with van der Waals surface area (Å²) in [5.41, 5.74) is 5.66. The van der Waals surface area contributed by atoms with E-state index in [0.29, 0.717) is 17.0 Å². The number of aryl methyl sites for hydroxylation is 1. The highest BCUT2D eigenvalue weighted by atomic mass is 32.1. The number of hydrogen-bond donors (Lipinski definition) is 2. The van der Waals surface area contributed by atoms with Crippen molar-refractivity contribution in [2.75, 3.05) is 5.32 Å². The maximum Gasteiger partial charge on any atom is 0.251 e. The van der Waals surface area contributed by atoms with Gasteiger partial charge in [-0.15, -0.1) is 11.3 Å². The Labute approximate surface area is 112 Å². The molecule has 0 aromatic carbocycles. The van der Waals surface area contributed by atoms with Gasteiger partial charge in [-0.25, -0.2) is 0 Å². The molecule has 1 aromatic heterocycles. The van der Waals surface area contributed by atoms with Gasteiger partial charge >= 0.3 is 0 Å². The van der Waals surface area contributed by atoms with E-state index in [-0.39, 0.29) is 5.91 Å². The third-order valence-corrected chi connectivity index (χ3v) is 3.60. The lowest BCUT2D eigenvalue weighted by Gasteiger charge is -2.04. The average Bonchev–Trinajstić information content (AvgIpc) is 2.66. The smallest absolute Gasteiger partial charge is 0.251 e. The van der Waals surface area contributed by atoms with Crippen LogP contribution in [0.2, 0.25) is 0 Å². The van der Waals surface area contributed by atoms with Crippen molar-refractivity contribution in [1.29, 1.82) is 0 Å². The molecule has 0 fully saturated rings. The molecule has 0 aliphatic heterocycles. The Balaban J connectivity index is 2.51. The van der Waals surface area contributed by atoms with Crippen molar-refractivity contribution < 1.29 is 9.59 Å². The third kappa shape index (κ3) is 4.49. The molecule has 1 rings (SSSR count). The molecule has 0 aliphatic carbocycles. The Morgan fingerprint density at radius 2 is 2.06 bits per heavy atom. The molecule has 0 aliphatic rings. The highest BCUT2D eigenvalue weighted by Crippen LogP contribution is 2.27. The van der Waals surface area contributed by atoms with E-state index >= 15 is 0 Å². The fourth-order valence-corrected chi connectivity index (χ4v) is 2.62. The van der Waals surface area contributed by atoms with Crippen LogP contribution in [0.4, 0.5) is 5.00 Å². The Bertz CT molecular complexity index is 427. The van der Waals surface area contributed by atoms with E-state index in [1.165, 1.54) is 11.3 Å². The van der Waals surface area contributed by atoms with Gasteiger partial charge in [0.25, 0.3) is 5.91 Å². The number of primary amides is 1. The number of anilines is 1. The van der Waals surface area contributed by atoms with Crippen LogP contribution in [0.1, 0.15) is 54.3 Å². The third-order valence-electron chi connectivity index (χ3n) is 2.63. The second kappa shape index (κ2) is 7.16. The molecule has 5 heteroatoms. The Kier molecular flexibility index (Phi) is 5.85. The molecule has 0 spiro atoms. The van der Waals surface area contributed by atoms with Crippen molar-refractivity contribution >= 4 is 28.2 Å². The lowest BCUT2D eigenvalue weighted by molar-refractivity contribution is -0.116. The molecule has 0 bridgehead atoms. The summed E-state index contributed by atoms with van der Waals surface area (Å²) < 4.78 is 0. The molecular weight excluding hydrogens is 248 g/mol. The standard InChI is InChI=1S/C13H20N2O2S/c1-3-4-5-6-7-11(16)15-13-10(12(14)17)8-9(2)18-13/h8H,3-7H2,1-2H3,(H2,14,17)(H,15,16). The van der Waals surface area contributed by atoms with Crippen LogP contribution in [0.3, 0.4) is 0 Å². The van der Waals surface area contributed by atoms with Crippen molar-refractivity contribution in [1.82, 2.24) is 0 Å². The molecule has 0 saturated carbocycles. The molecule has 1 aromatic rings. The number of thiophene rings is 1. The zero-order valence-electron chi connectivity index (χ0n) is 10.9. The minimum absolute atomic E-state index is 0.0459. The summed E-state index contributed by atoms with van der Waals surface area (Å²) in [4.78, 5) is 23.9. The van der Waals surface area contributed by atoms with Crippen LogP contribution in [-0.2, 0) is 4.79 Å². The van der Waals surface area contributed by atoms with E-state index in [1.807, 2.05) is 6.92 Å². The predicted molar refractivity (Wildman–Crippen MR) is 75.0 cm³/mol. The summed E-state index contributed by atoms with van der Waals surface area (Å²) in [6, 6.07) is 1.71. The Morgan fingerprint density at radius 1 is 1.33 bits per heavy atom. The molecule has 0 atom stereocenters. The van der Waals surface area contributed by atoms with Crippen LogP contribution in [0.5, 0.6) is 0 Å². The van der Waals surface area contributed by atoms with E-state index in [1.54, 1.807) is 6.07 Å². The first-order valence-electron chi connectivity index (χ1n) is 6.24. The Morgan fingerprint density at radius 3 is 2.67 bits per heavy atom. The molecular formula is C13H20N2O2S. The summed E-state index contributed by atoms with van der Waals surface area (Å²) in [7, 11) is 0. The van der Waals surface area contributed by atoms with E-state index in [2.05, 4.69) is 12.2 Å². The maximum absolute atomic E-state index is 11.7. The molecule has 0 unspecified atom stereocenters. The van der Waals surface area contributed by atoms with Crippen LogP contribution in [0.25, 0.3) is 0 Å². The number of carbonyl (C=O) groups is 2. The SMILES string of the molecule is CCCCCCC(=O)Nc1sc(C)cc1C(N)=O. The number of carbonyl (C=O) groups excluding carboxylic acids is 2. The second-order valence-corrected chi connectivity index (χ2v) is 5.58. The topological polar surface area (TPSA) is 72.2 Å². The molecule has 4 nitrogen and oxygen atoms in total. The fraction of sp³-hybridized carbons (Fsp3) is 0.538. The molecule has 0 saturated heterocycles. The normalized spacial score (nSPS) is 10.3. The number of amides is 2. The van der Waals surface area contributed by atoms with Gasteiger partial charge < -0.3 is 11.1 Å². The highest BCUT2D eigenvalue weighted by Gasteiger charge is 2.14. The van der Waals surface area contributed by atoms with Gasteiger partial charge in [-0.1, -0.05) is 26.2 Å². The van der Waals surface area contributed by atoms with Gasteiger partial charge in [0, 0.05) is 11.3 Å². The minimum Gasteiger partial charge on any atom is -0.366 e. The van der Waals surface area contributed by atoms with Gasteiger partial charge in [0.1, 0.15) is 5.00 Å². The van der Waals surface area contributed by atoms with Crippen molar-refractivity contribution in [3.63, 3.8) is 0 Å². The van der Waals surface area contributed by atoms with Gasteiger partial charge in [-0.05, 0) is 19.4 Å². The van der Waals surface area contributed by atoms with Gasteiger partial charge in [-0.3, -0.25) is 9.59 Å². The van der Waals surface area contributed by atoms with Crippen LogP contribution < -0.4 is 11.1 Å². The van der Waals surface area contributed by atoms with Crippen LogP contribution in [0.15, 0.2) is 6.07 Å². The summed E-state index contributed by atoms with van der Waals surface area (Å²) in [5, 5.41) is 3.34. The van der Waals surface area contributed by atoms with Gasteiger partial charge in [0.05, 0.1) is 5.56 Å². The molecule has 100 valence electrons. The van der Waals surface area contributed by atoms with Gasteiger partial charge in [0.15, 0.2) is 0 Å². The predicted octanol–water partition coefficient (Wildman–Crippen LogP) is 3.06. The van der Waals surface area contributed by atoms with Crippen molar-refractivity contribution in [2.24, 2.45) is 5.73 Å². The molecule has 18 heavy (non-hydrogen) atoms. The monoisotopic (exact) mass is 268 g/mol. The first-order chi connectivity index (χ1) is 8.54. The second-order valence-electron chi connectivity index (χ2n) is 4.32. The van der Waals surface area contributed by atoms with E-state index in [9.17, 15) is 9.59 Å². The largest absolute Gasteiger partial charge is 0.366 e.